The highest BCUT2D eigenvalue weighted by molar-refractivity contribution is 9.10. The first-order chi connectivity index (χ1) is 10.1. The van der Waals surface area contributed by atoms with Crippen LogP contribution in [0.2, 0.25) is 0 Å². The van der Waals surface area contributed by atoms with Crippen molar-refractivity contribution in [2.75, 3.05) is 5.32 Å². The highest BCUT2D eigenvalue weighted by atomic mass is 79.9. The van der Waals surface area contributed by atoms with Crippen molar-refractivity contribution >= 4 is 27.3 Å². The van der Waals surface area contributed by atoms with Gasteiger partial charge in [-0.2, -0.15) is 0 Å². The van der Waals surface area contributed by atoms with Gasteiger partial charge >= 0.3 is 0 Å². The third kappa shape index (κ3) is 2.90. The van der Waals surface area contributed by atoms with Gasteiger partial charge in [-0.3, -0.25) is 10.1 Å². The maximum Gasteiger partial charge on any atom is 0.293 e. The molecule has 0 saturated heterocycles. The number of nitrogens with zero attached hydrogens (tertiary/aromatic N) is 1. The lowest BCUT2D eigenvalue weighted by molar-refractivity contribution is -0.384. The molecule has 0 spiro atoms. The van der Waals surface area contributed by atoms with Gasteiger partial charge in [-0.05, 0) is 27.9 Å². The molecule has 0 aliphatic heterocycles. The van der Waals surface area contributed by atoms with E-state index >= 15 is 0 Å². The molecule has 0 aromatic heterocycles. The maximum absolute atomic E-state index is 13.6. The number of nitro groups is 1. The molecular formula is C15H12BrFN2O2. The zero-order valence-electron chi connectivity index (χ0n) is 10.9. The number of hydrogen-bond acceptors (Lipinski definition) is 3. The SMILES string of the molecule is O=[N+]([O-])c1cc(Br)c(F)cc1NC1CC1c1ccccc1. The quantitative estimate of drug-likeness (QED) is 0.653. The van der Waals surface area contributed by atoms with Gasteiger partial charge in [-0.1, -0.05) is 30.3 Å². The Morgan fingerprint density at radius 2 is 2.00 bits per heavy atom. The fourth-order valence-electron chi connectivity index (χ4n) is 2.43. The second-order valence-corrected chi connectivity index (χ2v) is 5.90. The van der Waals surface area contributed by atoms with Crippen LogP contribution in [-0.2, 0) is 0 Å². The van der Waals surface area contributed by atoms with Gasteiger partial charge in [0.25, 0.3) is 5.69 Å². The summed E-state index contributed by atoms with van der Waals surface area (Å²) in [6.07, 6.45) is 0.888. The van der Waals surface area contributed by atoms with Gasteiger partial charge in [-0.15, -0.1) is 0 Å². The Morgan fingerprint density at radius 1 is 1.29 bits per heavy atom. The van der Waals surface area contributed by atoms with Crippen molar-refractivity contribution in [2.45, 2.75) is 18.4 Å². The molecule has 4 nitrogen and oxygen atoms in total. The van der Waals surface area contributed by atoms with Crippen molar-refractivity contribution < 1.29 is 9.31 Å². The van der Waals surface area contributed by atoms with Crippen LogP contribution in [0.4, 0.5) is 15.8 Å². The topological polar surface area (TPSA) is 55.2 Å². The van der Waals surface area contributed by atoms with Crippen LogP contribution < -0.4 is 5.32 Å². The van der Waals surface area contributed by atoms with Crippen LogP contribution in [0.25, 0.3) is 0 Å². The highest BCUT2D eigenvalue weighted by Crippen LogP contribution is 2.44. The Hall–Kier alpha value is -1.95. The molecule has 108 valence electrons. The number of nitrogens with one attached hydrogen (secondary N) is 1. The van der Waals surface area contributed by atoms with Crippen molar-refractivity contribution in [1.82, 2.24) is 0 Å². The summed E-state index contributed by atoms with van der Waals surface area (Å²) in [5.41, 5.74) is 1.29. The van der Waals surface area contributed by atoms with E-state index in [9.17, 15) is 14.5 Å². The highest BCUT2D eigenvalue weighted by Gasteiger charge is 2.39. The lowest BCUT2D eigenvalue weighted by Crippen LogP contribution is -2.07. The number of benzene rings is 2. The summed E-state index contributed by atoms with van der Waals surface area (Å²) < 4.78 is 13.7. The Bertz CT molecular complexity index is 694. The predicted octanol–water partition coefficient (Wildman–Crippen LogP) is 4.46. The van der Waals surface area contributed by atoms with E-state index in [1.54, 1.807) is 0 Å². The monoisotopic (exact) mass is 350 g/mol. The predicted molar refractivity (Wildman–Crippen MR) is 82.0 cm³/mol. The number of hydrogen-bond donors (Lipinski definition) is 1. The standard InChI is InChI=1S/C15H12BrFN2O2/c16-11-7-15(19(20)21)14(8-12(11)17)18-13-6-10(13)9-4-2-1-3-5-9/h1-5,7-8,10,13,18H,6H2. The van der Waals surface area contributed by atoms with E-state index in [4.69, 9.17) is 0 Å². The maximum atomic E-state index is 13.6. The van der Waals surface area contributed by atoms with E-state index < -0.39 is 10.7 Å². The van der Waals surface area contributed by atoms with Gasteiger partial charge < -0.3 is 5.32 Å². The summed E-state index contributed by atoms with van der Waals surface area (Å²) >= 11 is 2.97. The largest absolute Gasteiger partial charge is 0.376 e. The average molecular weight is 351 g/mol. The molecule has 2 aromatic rings. The number of anilines is 1. The van der Waals surface area contributed by atoms with Crippen molar-refractivity contribution in [3.63, 3.8) is 0 Å². The number of rotatable bonds is 4. The summed E-state index contributed by atoms with van der Waals surface area (Å²) in [5, 5.41) is 14.1. The Labute approximate surface area is 129 Å². The lowest BCUT2D eigenvalue weighted by atomic mass is 10.1. The van der Waals surface area contributed by atoms with Gasteiger partial charge in [0, 0.05) is 24.1 Å². The minimum atomic E-state index is -0.514. The van der Waals surface area contributed by atoms with E-state index in [0.717, 1.165) is 6.42 Å². The molecule has 2 aromatic carbocycles. The fourth-order valence-corrected chi connectivity index (χ4v) is 2.76. The Morgan fingerprint density at radius 3 is 2.67 bits per heavy atom. The van der Waals surface area contributed by atoms with Gasteiger partial charge in [-0.25, -0.2) is 4.39 Å². The molecular weight excluding hydrogens is 339 g/mol. The second kappa shape index (κ2) is 5.44. The van der Waals surface area contributed by atoms with Crippen LogP contribution in [0.3, 0.4) is 0 Å². The normalized spacial score (nSPS) is 20.1. The molecule has 0 heterocycles. The molecule has 2 unspecified atom stereocenters. The van der Waals surface area contributed by atoms with Crippen LogP contribution in [0.1, 0.15) is 17.9 Å². The molecule has 21 heavy (non-hydrogen) atoms. The van der Waals surface area contributed by atoms with Gasteiger partial charge in [0.2, 0.25) is 0 Å². The first kappa shape index (κ1) is 14.0. The summed E-state index contributed by atoms with van der Waals surface area (Å²) in [6, 6.07) is 12.4. The molecule has 1 saturated carbocycles. The molecule has 1 fully saturated rings. The fraction of sp³-hybridized carbons (Fsp3) is 0.200. The van der Waals surface area contributed by atoms with Crippen LogP contribution in [0, 0.1) is 15.9 Å². The van der Waals surface area contributed by atoms with Crippen LogP contribution in [0.15, 0.2) is 46.9 Å². The van der Waals surface area contributed by atoms with Crippen molar-refractivity contribution in [1.29, 1.82) is 0 Å². The molecule has 1 aliphatic rings. The van der Waals surface area contributed by atoms with Crippen LogP contribution >= 0.6 is 15.9 Å². The molecule has 1 N–H and O–H groups in total. The summed E-state index contributed by atoms with van der Waals surface area (Å²) in [4.78, 5) is 10.6. The third-order valence-corrected chi connectivity index (χ3v) is 4.20. The zero-order valence-corrected chi connectivity index (χ0v) is 12.5. The smallest absolute Gasteiger partial charge is 0.293 e. The molecule has 6 heteroatoms. The minimum absolute atomic E-state index is 0.0927. The van der Waals surface area contributed by atoms with Crippen molar-refractivity contribution in [2.24, 2.45) is 0 Å². The van der Waals surface area contributed by atoms with Crippen LogP contribution in [-0.4, -0.2) is 11.0 Å². The summed E-state index contributed by atoms with van der Waals surface area (Å²) in [5.74, 6) is -0.197. The minimum Gasteiger partial charge on any atom is -0.376 e. The van der Waals surface area contributed by atoms with E-state index in [-0.39, 0.29) is 21.9 Å². The zero-order chi connectivity index (χ0) is 15.0. The average Bonchev–Trinajstić information content (AvgIpc) is 3.22. The summed E-state index contributed by atoms with van der Waals surface area (Å²) in [6.45, 7) is 0. The number of nitro benzene ring substituents is 1. The van der Waals surface area contributed by atoms with E-state index in [0.29, 0.717) is 5.92 Å². The molecule has 1 aliphatic carbocycles. The van der Waals surface area contributed by atoms with Crippen molar-refractivity contribution in [3.05, 3.63) is 68.4 Å². The van der Waals surface area contributed by atoms with E-state index in [1.165, 1.54) is 17.7 Å². The van der Waals surface area contributed by atoms with Gasteiger partial charge in [0.1, 0.15) is 11.5 Å². The third-order valence-electron chi connectivity index (χ3n) is 3.59. The van der Waals surface area contributed by atoms with Crippen LogP contribution in [0.5, 0.6) is 0 Å². The van der Waals surface area contributed by atoms with Crippen molar-refractivity contribution in [3.8, 4) is 0 Å². The molecule has 2 atom stereocenters. The van der Waals surface area contributed by atoms with Gasteiger partial charge in [0.05, 0.1) is 9.40 Å². The van der Waals surface area contributed by atoms with E-state index in [1.807, 2.05) is 30.3 Å². The molecule has 0 amide bonds. The molecule has 0 radical (unpaired) electrons. The van der Waals surface area contributed by atoms with Gasteiger partial charge in [0.15, 0.2) is 0 Å². The summed E-state index contributed by atoms with van der Waals surface area (Å²) in [7, 11) is 0. The number of halogens is 2. The van der Waals surface area contributed by atoms with E-state index in [2.05, 4.69) is 21.2 Å². The molecule has 0 bridgehead atoms. The Balaban J connectivity index is 1.80. The second-order valence-electron chi connectivity index (χ2n) is 5.04. The first-order valence-corrected chi connectivity index (χ1v) is 7.30. The Kier molecular flexibility index (Phi) is 3.63. The lowest BCUT2D eigenvalue weighted by Gasteiger charge is -2.08. The first-order valence-electron chi connectivity index (χ1n) is 6.51. The molecule has 3 rings (SSSR count).